The minimum atomic E-state index is -0.957. The molecule has 0 spiro atoms. The van der Waals surface area contributed by atoms with Crippen LogP contribution >= 0.6 is 0 Å². The van der Waals surface area contributed by atoms with Crippen LogP contribution in [0.3, 0.4) is 0 Å². The molecule has 0 bridgehead atoms. The van der Waals surface area contributed by atoms with Gasteiger partial charge in [0.25, 0.3) is 0 Å². The van der Waals surface area contributed by atoms with Gasteiger partial charge in [-0.15, -0.1) is 0 Å². The Labute approximate surface area is 118 Å². The zero-order valence-corrected chi connectivity index (χ0v) is 11.7. The molecule has 6 nitrogen and oxygen atoms in total. The van der Waals surface area contributed by atoms with Crippen LogP contribution < -0.4 is 16.8 Å². The number of benzene rings is 1. The van der Waals surface area contributed by atoms with Crippen LogP contribution in [0.2, 0.25) is 0 Å². The quantitative estimate of drug-likeness (QED) is 0.603. The highest BCUT2D eigenvalue weighted by molar-refractivity contribution is 5.89. The Kier molecular flexibility index (Phi) is 5.52. The molecule has 2 amide bonds. The van der Waals surface area contributed by atoms with Crippen LogP contribution in [0.4, 0.5) is 0 Å². The number of aromatic hydroxyl groups is 1. The van der Waals surface area contributed by atoms with Gasteiger partial charge in [0.2, 0.25) is 11.8 Å². The summed E-state index contributed by atoms with van der Waals surface area (Å²) in [6, 6.07) is 4.25. The molecular formula is C14H21N3O3. The molecule has 1 aromatic rings. The lowest BCUT2D eigenvalue weighted by Crippen LogP contribution is -2.46. The first kappa shape index (κ1) is 16.0. The Hall–Kier alpha value is -2.08. The van der Waals surface area contributed by atoms with E-state index in [-0.39, 0.29) is 11.7 Å². The molecule has 0 saturated heterocycles. The summed E-state index contributed by atoms with van der Waals surface area (Å²) in [5.41, 5.74) is 11.6. The van der Waals surface area contributed by atoms with Gasteiger partial charge in [0.15, 0.2) is 0 Å². The number of carbonyl (C=O) groups is 2. The van der Waals surface area contributed by atoms with Crippen LogP contribution in [0, 0.1) is 5.92 Å². The van der Waals surface area contributed by atoms with Crippen molar-refractivity contribution in [2.24, 2.45) is 17.4 Å². The van der Waals surface area contributed by atoms with E-state index < -0.39 is 23.9 Å². The number of primary amides is 1. The van der Waals surface area contributed by atoms with E-state index in [1.807, 2.05) is 13.8 Å². The number of hydrogen-bond acceptors (Lipinski definition) is 4. The predicted octanol–water partition coefficient (Wildman–Crippen LogP) is 0.408. The number of nitrogens with one attached hydrogen (secondary N) is 1. The van der Waals surface area contributed by atoms with Gasteiger partial charge in [-0.3, -0.25) is 9.59 Å². The number of phenolic OH excluding ortho intramolecular Hbond substituents is 1. The smallest absolute Gasteiger partial charge is 0.244 e. The average molecular weight is 279 g/mol. The van der Waals surface area contributed by atoms with Crippen LogP contribution in [0.15, 0.2) is 24.3 Å². The molecule has 6 heteroatoms. The van der Waals surface area contributed by atoms with Crippen molar-refractivity contribution < 1.29 is 14.7 Å². The SMILES string of the molecule is CC(C)C[C@@H](N)C(=O)N[C@H](C(N)=O)c1ccc(O)cc1. The lowest BCUT2D eigenvalue weighted by atomic mass is 10.0. The lowest BCUT2D eigenvalue weighted by molar-refractivity contribution is -0.128. The fourth-order valence-corrected chi connectivity index (χ4v) is 1.85. The first-order valence-electron chi connectivity index (χ1n) is 6.45. The molecule has 0 unspecified atom stereocenters. The van der Waals surface area contributed by atoms with Crippen LogP contribution in [0.5, 0.6) is 5.75 Å². The molecule has 0 saturated carbocycles. The molecule has 20 heavy (non-hydrogen) atoms. The van der Waals surface area contributed by atoms with E-state index in [4.69, 9.17) is 11.5 Å². The second-order valence-corrected chi connectivity index (χ2v) is 5.17. The van der Waals surface area contributed by atoms with E-state index in [2.05, 4.69) is 5.32 Å². The van der Waals surface area contributed by atoms with E-state index in [0.717, 1.165) is 0 Å². The standard InChI is InChI=1S/C14H21N3O3/c1-8(2)7-11(15)14(20)17-12(13(16)19)9-3-5-10(18)6-4-9/h3-6,8,11-12,18H,7,15H2,1-2H3,(H2,16,19)(H,17,20)/t11-,12+/m1/s1. The molecule has 0 heterocycles. The summed E-state index contributed by atoms with van der Waals surface area (Å²) in [7, 11) is 0. The maximum Gasteiger partial charge on any atom is 0.244 e. The summed E-state index contributed by atoms with van der Waals surface area (Å²) < 4.78 is 0. The van der Waals surface area contributed by atoms with Crippen molar-refractivity contribution in [2.45, 2.75) is 32.4 Å². The molecular weight excluding hydrogens is 258 g/mol. The van der Waals surface area contributed by atoms with Crippen LogP contribution in [0.25, 0.3) is 0 Å². The lowest BCUT2D eigenvalue weighted by Gasteiger charge is -2.19. The number of hydrogen-bond donors (Lipinski definition) is 4. The topological polar surface area (TPSA) is 118 Å². The van der Waals surface area contributed by atoms with Crippen molar-refractivity contribution in [3.63, 3.8) is 0 Å². The average Bonchev–Trinajstić information content (AvgIpc) is 2.35. The first-order valence-corrected chi connectivity index (χ1v) is 6.45. The van der Waals surface area contributed by atoms with Gasteiger partial charge in [-0.1, -0.05) is 26.0 Å². The Balaban J connectivity index is 2.80. The molecule has 0 aliphatic rings. The van der Waals surface area contributed by atoms with Gasteiger partial charge >= 0.3 is 0 Å². The van der Waals surface area contributed by atoms with Gasteiger partial charge in [0.1, 0.15) is 11.8 Å². The highest BCUT2D eigenvalue weighted by Gasteiger charge is 2.23. The third-order valence-electron chi connectivity index (χ3n) is 2.86. The number of carbonyl (C=O) groups excluding carboxylic acids is 2. The Morgan fingerprint density at radius 1 is 1.25 bits per heavy atom. The molecule has 1 aromatic carbocycles. The van der Waals surface area contributed by atoms with Gasteiger partial charge in [0, 0.05) is 0 Å². The minimum Gasteiger partial charge on any atom is -0.508 e. The molecule has 6 N–H and O–H groups in total. The van der Waals surface area contributed by atoms with Crippen molar-refractivity contribution >= 4 is 11.8 Å². The van der Waals surface area contributed by atoms with Crippen molar-refractivity contribution in [1.29, 1.82) is 0 Å². The number of phenols is 1. The predicted molar refractivity (Wildman–Crippen MR) is 75.6 cm³/mol. The highest BCUT2D eigenvalue weighted by atomic mass is 16.3. The number of rotatable bonds is 6. The molecule has 0 aliphatic carbocycles. The van der Waals surface area contributed by atoms with Gasteiger partial charge < -0.3 is 21.9 Å². The van der Waals surface area contributed by atoms with E-state index in [9.17, 15) is 14.7 Å². The Morgan fingerprint density at radius 2 is 1.80 bits per heavy atom. The molecule has 0 aromatic heterocycles. The Bertz CT molecular complexity index is 471. The van der Waals surface area contributed by atoms with E-state index in [0.29, 0.717) is 12.0 Å². The summed E-state index contributed by atoms with van der Waals surface area (Å²) in [5.74, 6) is -0.757. The van der Waals surface area contributed by atoms with Crippen LogP contribution in [-0.4, -0.2) is 23.0 Å². The van der Waals surface area contributed by atoms with Gasteiger partial charge in [-0.05, 0) is 30.0 Å². The molecule has 1 rings (SSSR count). The van der Waals surface area contributed by atoms with E-state index in [1.165, 1.54) is 24.3 Å². The third-order valence-corrected chi connectivity index (χ3v) is 2.86. The van der Waals surface area contributed by atoms with Gasteiger partial charge in [0.05, 0.1) is 6.04 Å². The van der Waals surface area contributed by atoms with Crippen LogP contribution in [0.1, 0.15) is 31.9 Å². The van der Waals surface area contributed by atoms with Crippen LogP contribution in [-0.2, 0) is 9.59 Å². The van der Waals surface area contributed by atoms with Crippen molar-refractivity contribution in [2.75, 3.05) is 0 Å². The van der Waals surface area contributed by atoms with E-state index >= 15 is 0 Å². The normalized spacial score (nSPS) is 13.8. The first-order chi connectivity index (χ1) is 9.31. The molecule has 110 valence electrons. The van der Waals surface area contributed by atoms with E-state index in [1.54, 1.807) is 0 Å². The Morgan fingerprint density at radius 3 is 2.25 bits per heavy atom. The fraction of sp³-hybridized carbons (Fsp3) is 0.429. The minimum absolute atomic E-state index is 0.0693. The zero-order valence-electron chi connectivity index (χ0n) is 11.7. The fourth-order valence-electron chi connectivity index (χ4n) is 1.85. The van der Waals surface area contributed by atoms with Gasteiger partial charge in [-0.25, -0.2) is 0 Å². The maximum atomic E-state index is 11.9. The molecule has 0 radical (unpaired) electrons. The summed E-state index contributed by atoms with van der Waals surface area (Å²) in [6.07, 6.45) is 0.521. The van der Waals surface area contributed by atoms with Crippen molar-refractivity contribution in [1.82, 2.24) is 5.32 Å². The molecule has 2 atom stereocenters. The maximum absolute atomic E-state index is 11.9. The molecule has 0 aliphatic heterocycles. The van der Waals surface area contributed by atoms with Gasteiger partial charge in [-0.2, -0.15) is 0 Å². The highest BCUT2D eigenvalue weighted by Crippen LogP contribution is 2.17. The third kappa shape index (κ3) is 4.55. The second kappa shape index (κ2) is 6.91. The summed E-state index contributed by atoms with van der Waals surface area (Å²) >= 11 is 0. The second-order valence-electron chi connectivity index (χ2n) is 5.17. The summed E-state index contributed by atoms with van der Waals surface area (Å²) in [4.78, 5) is 23.4. The summed E-state index contributed by atoms with van der Waals surface area (Å²) in [6.45, 7) is 3.91. The largest absolute Gasteiger partial charge is 0.508 e. The van der Waals surface area contributed by atoms with Crippen molar-refractivity contribution in [3.8, 4) is 5.75 Å². The molecule has 0 fully saturated rings. The zero-order chi connectivity index (χ0) is 15.3. The number of nitrogens with two attached hydrogens (primary N) is 2. The van der Waals surface area contributed by atoms with Crippen molar-refractivity contribution in [3.05, 3.63) is 29.8 Å². The number of amides is 2. The monoisotopic (exact) mass is 279 g/mol. The summed E-state index contributed by atoms with van der Waals surface area (Å²) in [5, 5.41) is 11.8.